The van der Waals surface area contributed by atoms with Crippen molar-refractivity contribution >= 4 is 37.2 Å². The maximum Gasteiger partial charge on any atom is 0.175 e. The van der Waals surface area contributed by atoms with Crippen molar-refractivity contribution in [1.29, 1.82) is 0 Å². The number of thiophene rings is 1. The van der Waals surface area contributed by atoms with Crippen LogP contribution in [0.5, 0.6) is 0 Å². The van der Waals surface area contributed by atoms with E-state index in [0.717, 1.165) is 32.7 Å². The molecule has 142 valence electrons. The highest BCUT2D eigenvalue weighted by atomic mass is 32.2. The SMILES string of the molecule is Cc1ccc(-c2csc3ncnc(NCc4ccc(S(C)(=O)=O)cc4)c23)cc1. The number of anilines is 1. The molecule has 0 atom stereocenters. The van der Waals surface area contributed by atoms with Gasteiger partial charge < -0.3 is 5.32 Å². The monoisotopic (exact) mass is 409 g/mol. The van der Waals surface area contributed by atoms with Crippen LogP contribution >= 0.6 is 11.3 Å². The molecular weight excluding hydrogens is 390 g/mol. The molecular formula is C21H19N3O2S2. The highest BCUT2D eigenvalue weighted by Crippen LogP contribution is 2.36. The molecule has 0 spiro atoms. The molecule has 0 aliphatic carbocycles. The van der Waals surface area contributed by atoms with Gasteiger partial charge in [-0.1, -0.05) is 42.0 Å². The van der Waals surface area contributed by atoms with Crippen molar-refractivity contribution in [3.63, 3.8) is 0 Å². The molecule has 0 unspecified atom stereocenters. The van der Waals surface area contributed by atoms with Crippen molar-refractivity contribution in [2.45, 2.75) is 18.4 Å². The maximum absolute atomic E-state index is 11.6. The minimum Gasteiger partial charge on any atom is -0.365 e. The van der Waals surface area contributed by atoms with E-state index in [0.29, 0.717) is 11.4 Å². The predicted molar refractivity (Wildman–Crippen MR) is 114 cm³/mol. The van der Waals surface area contributed by atoms with Gasteiger partial charge in [-0.25, -0.2) is 18.4 Å². The van der Waals surface area contributed by atoms with Gasteiger partial charge in [0.05, 0.1) is 10.3 Å². The quantitative estimate of drug-likeness (QED) is 0.518. The summed E-state index contributed by atoms with van der Waals surface area (Å²) in [6, 6.07) is 15.3. The summed E-state index contributed by atoms with van der Waals surface area (Å²) in [6.45, 7) is 2.61. The van der Waals surface area contributed by atoms with Crippen LogP contribution in [0.1, 0.15) is 11.1 Å². The van der Waals surface area contributed by atoms with Crippen LogP contribution in [-0.2, 0) is 16.4 Å². The van der Waals surface area contributed by atoms with Gasteiger partial charge in [0.1, 0.15) is 17.0 Å². The number of benzene rings is 2. The minimum atomic E-state index is -3.19. The zero-order chi connectivity index (χ0) is 19.7. The number of fused-ring (bicyclic) bond motifs is 1. The van der Waals surface area contributed by atoms with Crippen LogP contribution in [0.4, 0.5) is 5.82 Å². The van der Waals surface area contributed by atoms with Crippen LogP contribution in [0.2, 0.25) is 0 Å². The third kappa shape index (κ3) is 3.76. The molecule has 7 heteroatoms. The van der Waals surface area contributed by atoms with Crippen LogP contribution < -0.4 is 5.32 Å². The Labute approximate surface area is 168 Å². The summed E-state index contributed by atoms with van der Waals surface area (Å²) in [4.78, 5) is 10.1. The molecule has 0 bridgehead atoms. The van der Waals surface area contributed by atoms with E-state index in [1.165, 1.54) is 11.8 Å². The fourth-order valence-electron chi connectivity index (χ4n) is 3.00. The molecule has 2 aromatic heterocycles. The summed E-state index contributed by atoms with van der Waals surface area (Å²) in [6.07, 6.45) is 2.77. The second-order valence-electron chi connectivity index (χ2n) is 6.69. The summed E-state index contributed by atoms with van der Waals surface area (Å²) in [5.41, 5.74) is 4.43. The lowest BCUT2D eigenvalue weighted by molar-refractivity contribution is 0.602. The normalized spacial score (nSPS) is 11.6. The Morgan fingerprint density at radius 1 is 1.00 bits per heavy atom. The van der Waals surface area contributed by atoms with Gasteiger partial charge in [0.2, 0.25) is 0 Å². The standard InChI is InChI=1S/C21H19N3O2S2/c1-14-3-7-16(8-4-14)18-12-27-21-19(18)20(23-13-24-21)22-11-15-5-9-17(10-6-15)28(2,25)26/h3-10,12-13H,11H2,1-2H3,(H,22,23,24). The molecule has 0 saturated carbocycles. The number of hydrogen-bond donors (Lipinski definition) is 1. The lowest BCUT2D eigenvalue weighted by Gasteiger charge is -2.09. The zero-order valence-electron chi connectivity index (χ0n) is 15.5. The summed E-state index contributed by atoms with van der Waals surface area (Å²) in [5, 5.41) is 6.49. The Hall–Kier alpha value is -2.77. The Bertz CT molecular complexity index is 1230. The van der Waals surface area contributed by atoms with Crippen molar-refractivity contribution in [1.82, 2.24) is 9.97 Å². The van der Waals surface area contributed by atoms with Gasteiger partial charge >= 0.3 is 0 Å². The molecule has 28 heavy (non-hydrogen) atoms. The molecule has 0 saturated heterocycles. The fraction of sp³-hybridized carbons (Fsp3) is 0.143. The third-order valence-electron chi connectivity index (χ3n) is 4.54. The lowest BCUT2D eigenvalue weighted by Crippen LogP contribution is -2.03. The number of rotatable bonds is 5. The predicted octanol–water partition coefficient (Wildman–Crippen LogP) is 4.68. The third-order valence-corrected chi connectivity index (χ3v) is 6.56. The maximum atomic E-state index is 11.6. The first-order valence-corrected chi connectivity index (χ1v) is 11.5. The molecule has 0 aliphatic rings. The molecule has 0 radical (unpaired) electrons. The molecule has 0 aliphatic heterocycles. The number of nitrogens with zero attached hydrogens (tertiary/aromatic N) is 2. The highest BCUT2D eigenvalue weighted by Gasteiger charge is 2.13. The van der Waals surface area contributed by atoms with Gasteiger partial charge in [-0.15, -0.1) is 11.3 Å². The molecule has 5 nitrogen and oxygen atoms in total. The average Bonchev–Trinajstić information content (AvgIpc) is 3.11. The van der Waals surface area contributed by atoms with Crippen molar-refractivity contribution in [3.8, 4) is 11.1 Å². The number of nitrogens with one attached hydrogen (secondary N) is 1. The molecule has 4 aromatic rings. The highest BCUT2D eigenvalue weighted by molar-refractivity contribution is 7.90. The Kier molecular flexibility index (Phi) is 4.87. The van der Waals surface area contributed by atoms with Gasteiger partial charge in [0.25, 0.3) is 0 Å². The average molecular weight is 410 g/mol. The van der Waals surface area contributed by atoms with Gasteiger partial charge in [-0.2, -0.15) is 0 Å². The molecule has 0 amide bonds. The van der Waals surface area contributed by atoms with Gasteiger partial charge in [0, 0.05) is 23.7 Å². The van der Waals surface area contributed by atoms with E-state index < -0.39 is 9.84 Å². The van der Waals surface area contributed by atoms with Gasteiger partial charge in [-0.05, 0) is 30.2 Å². The van der Waals surface area contributed by atoms with Crippen molar-refractivity contribution in [2.75, 3.05) is 11.6 Å². The van der Waals surface area contributed by atoms with Crippen LogP contribution in [0, 0.1) is 6.92 Å². The van der Waals surface area contributed by atoms with Crippen LogP contribution in [0.3, 0.4) is 0 Å². The zero-order valence-corrected chi connectivity index (χ0v) is 17.1. The van der Waals surface area contributed by atoms with Crippen molar-refractivity contribution in [2.24, 2.45) is 0 Å². The Balaban J connectivity index is 1.64. The molecule has 2 aromatic carbocycles. The Morgan fingerprint density at radius 2 is 1.71 bits per heavy atom. The fourth-order valence-corrected chi connectivity index (χ4v) is 4.54. The number of aryl methyl sites for hydroxylation is 1. The molecule has 4 rings (SSSR count). The molecule has 0 fully saturated rings. The number of aromatic nitrogens is 2. The van der Waals surface area contributed by atoms with E-state index >= 15 is 0 Å². The van der Waals surface area contributed by atoms with E-state index in [1.807, 2.05) is 12.1 Å². The first-order chi connectivity index (χ1) is 13.4. The van der Waals surface area contributed by atoms with E-state index in [1.54, 1.807) is 29.8 Å². The Morgan fingerprint density at radius 3 is 2.39 bits per heavy atom. The lowest BCUT2D eigenvalue weighted by atomic mass is 10.0. The first kappa shape index (κ1) is 18.6. The van der Waals surface area contributed by atoms with E-state index in [4.69, 9.17) is 0 Å². The number of hydrogen-bond acceptors (Lipinski definition) is 6. The largest absolute Gasteiger partial charge is 0.365 e. The van der Waals surface area contributed by atoms with E-state index in [-0.39, 0.29) is 0 Å². The smallest absolute Gasteiger partial charge is 0.175 e. The van der Waals surface area contributed by atoms with E-state index in [2.05, 4.69) is 51.9 Å². The summed E-state index contributed by atoms with van der Waals surface area (Å²) in [5.74, 6) is 0.772. The number of sulfone groups is 1. The first-order valence-electron chi connectivity index (χ1n) is 8.74. The van der Waals surface area contributed by atoms with Crippen LogP contribution in [0.25, 0.3) is 21.3 Å². The summed E-state index contributed by atoms with van der Waals surface area (Å²) in [7, 11) is -3.19. The molecule has 2 heterocycles. The van der Waals surface area contributed by atoms with Gasteiger partial charge in [0.15, 0.2) is 9.84 Å². The van der Waals surface area contributed by atoms with E-state index in [9.17, 15) is 8.42 Å². The van der Waals surface area contributed by atoms with Crippen molar-refractivity contribution in [3.05, 3.63) is 71.4 Å². The second-order valence-corrected chi connectivity index (χ2v) is 9.56. The topological polar surface area (TPSA) is 72.0 Å². The summed E-state index contributed by atoms with van der Waals surface area (Å²) < 4.78 is 23.2. The van der Waals surface area contributed by atoms with Crippen LogP contribution in [0.15, 0.2) is 65.1 Å². The summed E-state index contributed by atoms with van der Waals surface area (Å²) >= 11 is 1.60. The van der Waals surface area contributed by atoms with Crippen LogP contribution in [-0.4, -0.2) is 24.6 Å². The van der Waals surface area contributed by atoms with Gasteiger partial charge in [-0.3, -0.25) is 0 Å². The minimum absolute atomic E-state index is 0.320. The second kappa shape index (κ2) is 7.33. The van der Waals surface area contributed by atoms with Crippen molar-refractivity contribution < 1.29 is 8.42 Å². The molecule has 1 N–H and O–H groups in total.